The number of piperidine rings is 1. The molecule has 4 atom stereocenters. The minimum Gasteiger partial charge on any atom is -0.480 e. The summed E-state index contributed by atoms with van der Waals surface area (Å²) in [5.74, 6) is -7.43. The third kappa shape index (κ3) is 12.4. The molecular weight excluding hydrogens is 688 g/mol. The molecule has 2 heterocycles. The van der Waals surface area contributed by atoms with Gasteiger partial charge in [-0.15, -0.1) is 0 Å². The van der Waals surface area contributed by atoms with E-state index in [1.807, 2.05) is 30.3 Å². The number of amides is 6. The minimum atomic E-state index is -1.72. The summed E-state index contributed by atoms with van der Waals surface area (Å²) in [6.45, 7) is 0.106. The predicted octanol–water partition coefficient (Wildman–Crippen LogP) is -0.149. The second-order valence-electron chi connectivity index (χ2n) is 13.4. The fourth-order valence-electron chi connectivity index (χ4n) is 6.39. The van der Waals surface area contributed by atoms with E-state index in [2.05, 4.69) is 21.3 Å². The van der Waals surface area contributed by atoms with Crippen molar-refractivity contribution in [2.45, 2.75) is 75.5 Å². The van der Waals surface area contributed by atoms with Gasteiger partial charge in [0.15, 0.2) is 0 Å². The molecule has 4 rings (SSSR count). The highest BCUT2D eigenvalue weighted by atomic mass is 16.4. The number of nitrogens with one attached hydrogen (secondary N) is 4. The molecule has 6 amide bonds. The molecule has 53 heavy (non-hydrogen) atoms. The molecule has 2 saturated heterocycles. The summed E-state index contributed by atoms with van der Waals surface area (Å²) in [5, 5.41) is 29.2. The highest BCUT2D eigenvalue weighted by Gasteiger charge is 2.35. The van der Waals surface area contributed by atoms with Crippen LogP contribution in [0.1, 0.15) is 49.7 Å². The lowest BCUT2D eigenvalue weighted by Crippen LogP contribution is -2.57. The van der Waals surface area contributed by atoms with E-state index >= 15 is 0 Å². The Kier molecular flexibility index (Phi) is 14.4. The van der Waals surface area contributed by atoms with Gasteiger partial charge in [-0.25, -0.2) is 9.59 Å². The number of rotatable bonds is 7. The lowest BCUT2D eigenvalue weighted by atomic mass is 9.90. The molecule has 2 aromatic carbocycles. The monoisotopic (exact) mass is 734 g/mol. The lowest BCUT2D eigenvalue weighted by molar-refractivity contribution is -0.144. The van der Waals surface area contributed by atoms with Crippen molar-refractivity contribution >= 4 is 47.4 Å². The van der Waals surface area contributed by atoms with Crippen LogP contribution in [0.15, 0.2) is 60.7 Å². The van der Waals surface area contributed by atoms with Gasteiger partial charge in [0.25, 0.3) is 0 Å². The van der Waals surface area contributed by atoms with Gasteiger partial charge in [-0.05, 0) is 42.7 Å². The van der Waals surface area contributed by atoms with Crippen molar-refractivity contribution in [3.63, 3.8) is 0 Å². The molecule has 0 aromatic heterocycles. The molecule has 0 spiro atoms. The summed E-state index contributed by atoms with van der Waals surface area (Å²) >= 11 is 0. The van der Waals surface area contributed by atoms with E-state index in [1.54, 1.807) is 35.2 Å². The first-order chi connectivity index (χ1) is 25.3. The zero-order chi connectivity index (χ0) is 38.5. The Bertz CT molecular complexity index is 1650. The third-order valence-electron chi connectivity index (χ3n) is 9.34. The number of carbonyl (C=O) groups excluding carboxylic acids is 6. The number of hydrogen-bond acceptors (Lipinski definition) is 8. The van der Waals surface area contributed by atoms with E-state index in [0.29, 0.717) is 37.4 Å². The van der Waals surface area contributed by atoms with Crippen LogP contribution in [0.25, 0.3) is 0 Å². The highest BCUT2D eigenvalue weighted by Crippen LogP contribution is 2.22. The number of aliphatic carboxylic acids is 2. The summed E-state index contributed by atoms with van der Waals surface area (Å²) in [4.78, 5) is 106. The number of benzene rings is 2. The van der Waals surface area contributed by atoms with Gasteiger partial charge >= 0.3 is 11.9 Å². The number of carboxylic acids is 2. The molecule has 0 aliphatic carbocycles. The zero-order valence-corrected chi connectivity index (χ0v) is 29.5. The normalized spacial score (nSPS) is 23.3. The maximum Gasteiger partial charge on any atom is 0.326 e. The second kappa shape index (κ2) is 19.2. The molecule has 0 bridgehead atoms. The lowest BCUT2D eigenvalue weighted by Gasteiger charge is -2.35. The molecule has 2 aliphatic heterocycles. The van der Waals surface area contributed by atoms with E-state index in [4.69, 9.17) is 0 Å². The van der Waals surface area contributed by atoms with Crippen LogP contribution in [0.2, 0.25) is 0 Å². The Balaban J connectivity index is 1.61. The molecule has 284 valence electrons. The van der Waals surface area contributed by atoms with Gasteiger partial charge < -0.3 is 41.3 Å². The van der Waals surface area contributed by atoms with Crippen LogP contribution in [0, 0.1) is 5.92 Å². The number of carbonyl (C=O) groups is 8. The van der Waals surface area contributed by atoms with Gasteiger partial charge in [-0.2, -0.15) is 0 Å². The standard InChI is InChI=1S/C37H46N6O10/c1-42-22-32(46)40-29(37(52)53)21-31(45)39-27(19-24-10-6-3-7-11-24)34(48)41-28(20-30(44)38-26(36(50)51)12-13-33(42)47)35(49)43-16-14-25(15-17-43)18-23-8-4-2-5-9-23/h2-11,25-29H,12-22H2,1H3,(H,38,44)(H,39,45)(H,40,46)(H,41,48)(H,50,51)(H,52,53)/t26-,27+,28-,29-/m1/s1. The van der Waals surface area contributed by atoms with Crippen molar-refractivity contribution in [1.82, 2.24) is 31.1 Å². The Morgan fingerprint density at radius 3 is 1.77 bits per heavy atom. The van der Waals surface area contributed by atoms with Crippen molar-refractivity contribution in [2.75, 3.05) is 26.7 Å². The average molecular weight is 735 g/mol. The molecule has 2 aromatic rings. The fourth-order valence-corrected chi connectivity index (χ4v) is 6.39. The number of carboxylic acid groups (broad SMARTS) is 2. The first-order valence-corrected chi connectivity index (χ1v) is 17.5. The van der Waals surface area contributed by atoms with Crippen LogP contribution in [-0.2, 0) is 51.2 Å². The zero-order valence-electron chi connectivity index (χ0n) is 29.5. The van der Waals surface area contributed by atoms with Gasteiger partial charge in [0.1, 0.15) is 24.2 Å². The SMILES string of the molecule is CN1CC(=O)N[C@@H](C(=O)O)CC(=O)N[C@@H](Cc2ccccc2)C(=O)N[C@@H](C(=O)N2CCC(Cc3ccccc3)CC2)CC(=O)N[C@@H](C(=O)O)CCC1=O. The van der Waals surface area contributed by atoms with E-state index in [1.165, 1.54) is 12.6 Å². The largest absolute Gasteiger partial charge is 0.480 e. The molecule has 2 fully saturated rings. The number of likely N-dealkylation sites (N-methyl/N-ethyl adjacent to an activating group) is 1. The van der Waals surface area contributed by atoms with Crippen LogP contribution in [-0.4, -0.2) is 118 Å². The fraction of sp³-hybridized carbons (Fsp3) is 0.459. The topological polar surface area (TPSA) is 232 Å². The minimum absolute atomic E-state index is 0.0749. The molecule has 16 nitrogen and oxygen atoms in total. The Hall–Kier alpha value is -5.80. The van der Waals surface area contributed by atoms with E-state index < -0.39 is 97.4 Å². The summed E-state index contributed by atoms with van der Waals surface area (Å²) in [6, 6.07) is 12.5. The Morgan fingerprint density at radius 1 is 0.660 bits per heavy atom. The van der Waals surface area contributed by atoms with Crippen LogP contribution < -0.4 is 21.3 Å². The summed E-state index contributed by atoms with van der Waals surface area (Å²) < 4.78 is 0. The van der Waals surface area contributed by atoms with E-state index in [0.717, 1.165) is 11.3 Å². The molecule has 0 saturated carbocycles. The van der Waals surface area contributed by atoms with Gasteiger partial charge in [-0.3, -0.25) is 28.8 Å². The van der Waals surface area contributed by atoms with Crippen molar-refractivity contribution < 1.29 is 48.6 Å². The first kappa shape index (κ1) is 40.0. The molecule has 16 heteroatoms. The summed E-state index contributed by atoms with van der Waals surface area (Å²) in [5.41, 5.74) is 1.79. The predicted molar refractivity (Wildman–Crippen MR) is 189 cm³/mol. The van der Waals surface area contributed by atoms with Crippen LogP contribution >= 0.6 is 0 Å². The van der Waals surface area contributed by atoms with Crippen LogP contribution in [0.4, 0.5) is 0 Å². The number of hydrogen-bond donors (Lipinski definition) is 6. The maximum atomic E-state index is 14.0. The van der Waals surface area contributed by atoms with Gasteiger partial charge in [-0.1, -0.05) is 60.7 Å². The summed E-state index contributed by atoms with van der Waals surface area (Å²) in [6.07, 6.45) is -0.0683. The van der Waals surface area contributed by atoms with Gasteiger partial charge in [0.05, 0.1) is 19.4 Å². The number of nitrogens with zero attached hydrogens (tertiary/aromatic N) is 2. The van der Waals surface area contributed by atoms with Crippen molar-refractivity contribution in [2.24, 2.45) is 5.92 Å². The third-order valence-corrected chi connectivity index (χ3v) is 9.34. The molecule has 0 radical (unpaired) electrons. The van der Waals surface area contributed by atoms with Crippen molar-refractivity contribution in [1.29, 1.82) is 0 Å². The Labute approximate surface area is 306 Å². The van der Waals surface area contributed by atoms with E-state index in [9.17, 15) is 48.6 Å². The van der Waals surface area contributed by atoms with Crippen LogP contribution in [0.3, 0.4) is 0 Å². The molecular formula is C37H46N6O10. The Morgan fingerprint density at radius 2 is 1.19 bits per heavy atom. The quantitative estimate of drug-likeness (QED) is 0.220. The van der Waals surface area contributed by atoms with E-state index in [-0.39, 0.29) is 12.8 Å². The molecule has 6 N–H and O–H groups in total. The highest BCUT2D eigenvalue weighted by molar-refractivity contribution is 5.96. The average Bonchev–Trinajstić information content (AvgIpc) is 3.12. The number of likely N-dealkylation sites (tertiary alicyclic amines) is 1. The van der Waals surface area contributed by atoms with Crippen molar-refractivity contribution in [3.05, 3.63) is 71.8 Å². The summed E-state index contributed by atoms with van der Waals surface area (Å²) in [7, 11) is 1.26. The second-order valence-corrected chi connectivity index (χ2v) is 13.4. The van der Waals surface area contributed by atoms with Crippen molar-refractivity contribution in [3.8, 4) is 0 Å². The smallest absolute Gasteiger partial charge is 0.326 e. The van der Waals surface area contributed by atoms with Gasteiger partial charge in [0.2, 0.25) is 35.4 Å². The van der Waals surface area contributed by atoms with Gasteiger partial charge in [0, 0.05) is 33.0 Å². The maximum absolute atomic E-state index is 14.0. The first-order valence-electron chi connectivity index (χ1n) is 17.5. The molecule has 0 unspecified atom stereocenters. The van der Waals surface area contributed by atoms with Crippen LogP contribution in [0.5, 0.6) is 0 Å². The molecule has 2 aliphatic rings.